The number of nitrogens with one attached hydrogen (secondary N) is 1. The molecular formula is C13H21ClN2S. The smallest absolute Gasteiger partial charge is 0.0931 e. The van der Waals surface area contributed by atoms with E-state index >= 15 is 0 Å². The lowest BCUT2D eigenvalue weighted by molar-refractivity contribution is 0.267. The van der Waals surface area contributed by atoms with Crippen molar-refractivity contribution in [3.8, 4) is 0 Å². The van der Waals surface area contributed by atoms with Gasteiger partial charge in [-0.25, -0.2) is 0 Å². The Morgan fingerprint density at radius 1 is 1.41 bits per heavy atom. The number of thiophene rings is 1. The Hall–Kier alpha value is -0.0900. The van der Waals surface area contributed by atoms with Crippen LogP contribution in [0.3, 0.4) is 0 Å². The largest absolute Gasteiger partial charge is 0.317 e. The SMILES string of the molecule is CN(CCC1CCNCC1)Cc1ccc(Cl)s1. The fourth-order valence-corrected chi connectivity index (χ4v) is 3.52. The van der Waals surface area contributed by atoms with Gasteiger partial charge in [0.05, 0.1) is 4.34 Å². The monoisotopic (exact) mass is 272 g/mol. The second-order valence-corrected chi connectivity index (χ2v) is 6.73. The summed E-state index contributed by atoms with van der Waals surface area (Å²) in [6, 6.07) is 4.12. The van der Waals surface area contributed by atoms with Gasteiger partial charge in [-0.1, -0.05) is 11.6 Å². The van der Waals surface area contributed by atoms with E-state index in [1.54, 1.807) is 11.3 Å². The molecule has 1 saturated heterocycles. The molecule has 1 aliphatic rings. The van der Waals surface area contributed by atoms with Crippen molar-refractivity contribution in [2.24, 2.45) is 5.92 Å². The molecule has 0 amide bonds. The highest BCUT2D eigenvalue weighted by atomic mass is 35.5. The minimum atomic E-state index is 0.895. The van der Waals surface area contributed by atoms with E-state index in [-0.39, 0.29) is 0 Å². The van der Waals surface area contributed by atoms with Crippen LogP contribution in [0.5, 0.6) is 0 Å². The molecule has 0 aromatic carbocycles. The lowest BCUT2D eigenvalue weighted by Crippen LogP contribution is -2.30. The van der Waals surface area contributed by atoms with Gasteiger partial charge >= 0.3 is 0 Å². The van der Waals surface area contributed by atoms with Crippen LogP contribution in [0.1, 0.15) is 24.1 Å². The molecule has 1 fully saturated rings. The van der Waals surface area contributed by atoms with Crippen LogP contribution in [0.15, 0.2) is 12.1 Å². The zero-order chi connectivity index (χ0) is 12.1. The number of rotatable bonds is 5. The molecule has 96 valence electrons. The van der Waals surface area contributed by atoms with E-state index in [0.717, 1.165) is 16.8 Å². The van der Waals surface area contributed by atoms with Gasteiger partial charge in [-0.3, -0.25) is 0 Å². The molecule has 0 radical (unpaired) electrons. The van der Waals surface area contributed by atoms with Gasteiger partial charge in [0.1, 0.15) is 0 Å². The van der Waals surface area contributed by atoms with Crippen molar-refractivity contribution in [1.29, 1.82) is 0 Å². The molecule has 0 spiro atoms. The van der Waals surface area contributed by atoms with Crippen molar-refractivity contribution in [3.05, 3.63) is 21.3 Å². The lowest BCUT2D eigenvalue weighted by atomic mass is 9.94. The van der Waals surface area contributed by atoms with Crippen LogP contribution in [0.2, 0.25) is 4.34 Å². The first-order chi connectivity index (χ1) is 8.24. The highest BCUT2D eigenvalue weighted by molar-refractivity contribution is 7.16. The third kappa shape index (κ3) is 4.59. The number of hydrogen-bond acceptors (Lipinski definition) is 3. The number of hydrogen-bond donors (Lipinski definition) is 1. The maximum atomic E-state index is 5.94. The number of nitrogens with zero attached hydrogens (tertiary/aromatic N) is 1. The maximum Gasteiger partial charge on any atom is 0.0931 e. The molecule has 2 rings (SSSR count). The molecular weight excluding hydrogens is 252 g/mol. The molecule has 0 unspecified atom stereocenters. The van der Waals surface area contributed by atoms with E-state index in [0.29, 0.717) is 0 Å². The molecule has 0 saturated carbocycles. The van der Waals surface area contributed by atoms with Crippen molar-refractivity contribution in [2.45, 2.75) is 25.8 Å². The Morgan fingerprint density at radius 2 is 2.18 bits per heavy atom. The molecule has 1 aromatic heterocycles. The van der Waals surface area contributed by atoms with Gasteiger partial charge in [-0.2, -0.15) is 0 Å². The predicted molar refractivity (Wildman–Crippen MR) is 75.9 cm³/mol. The normalized spacial score (nSPS) is 17.8. The summed E-state index contributed by atoms with van der Waals surface area (Å²) in [7, 11) is 2.20. The summed E-state index contributed by atoms with van der Waals surface area (Å²) >= 11 is 7.63. The van der Waals surface area contributed by atoms with Gasteiger partial charge in [0.15, 0.2) is 0 Å². The summed E-state index contributed by atoms with van der Waals surface area (Å²) in [6.07, 6.45) is 4.02. The van der Waals surface area contributed by atoms with Gasteiger partial charge < -0.3 is 10.2 Å². The van der Waals surface area contributed by atoms with Crippen molar-refractivity contribution < 1.29 is 0 Å². The summed E-state index contributed by atoms with van der Waals surface area (Å²) in [5, 5.41) is 3.42. The first-order valence-corrected chi connectivity index (χ1v) is 7.57. The van der Waals surface area contributed by atoms with Crippen LogP contribution < -0.4 is 5.32 Å². The Labute approximate surface area is 113 Å². The van der Waals surface area contributed by atoms with E-state index in [2.05, 4.69) is 23.3 Å². The van der Waals surface area contributed by atoms with E-state index < -0.39 is 0 Å². The van der Waals surface area contributed by atoms with Crippen LogP contribution >= 0.6 is 22.9 Å². The molecule has 17 heavy (non-hydrogen) atoms. The van der Waals surface area contributed by atoms with E-state index in [1.165, 1.54) is 43.8 Å². The maximum absolute atomic E-state index is 5.94. The molecule has 1 aliphatic heterocycles. The quantitative estimate of drug-likeness (QED) is 0.885. The first kappa shape index (κ1) is 13.3. The second kappa shape index (κ2) is 6.74. The average molecular weight is 273 g/mol. The van der Waals surface area contributed by atoms with E-state index in [1.807, 2.05) is 6.07 Å². The first-order valence-electron chi connectivity index (χ1n) is 6.37. The third-order valence-corrected chi connectivity index (χ3v) is 4.65. The van der Waals surface area contributed by atoms with Crippen molar-refractivity contribution in [3.63, 3.8) is 0 Å². The van der Waals surface area contributed by atoms with Crippen LogP contribution in [0, 0.1) is 5.92 Å². The summed E-state index contributed by atoms with van der Waals surface area (Å²) in [5.41, 5.74) is 0. The average Bonchev–Trinajstić information content (AvgIpc) is 2.73. The van der Waals surface area contributed by atoms with Gasteiger partial charge in [0.25, 0.3) is 0 Å². The molecule has 2 nitrogen and oxygen atoms in total. The summed E-state index contributed by atoms with van der Waals surface area (Å²) < 4.78 is 0.895. The molecule has 0 bridgehead atoms. The zero-order valence-electron chi connectivity index (χ0n) is 10.4. The van der Waals surface area contributed by atoms with Crippen LogP contribution in [0.25, 0.3) is 0 Å². The molecule has 2 heterocycles. The van der Waals surface area contributed by atoms with Crippen molar-refractivity contribution in [2.75, 3.05) is 26.7 Å². The fourth-order valence-electron chi connectivity index (χ4n) is 2.36. The van der Waals surface area contributed by atoms with Gasteiger partial charge in [0, 0.05) is 11.4 Å². The highest BCUT2D eigenvalue weighted by Gasteiger charge is 2.13. The molecule has 1 N–H and O–H groups in total. The van der Waals surface area contributed by atoms with Crippen molar-refractivity contribution >= 4 is 22.9 Å². The number of piperidine rings is 1. The third-order valence-electron chi connectivity index (χ3n) is 3.43. The standard InChI is InChI=1S/C13H21ClN2S/c1-16(10-12-2-3-13(14)17-12)9-6-11-4-7-15-8-5-11/h2-3,11,15H,4-10H2,1H3. The Balaban J connectivity index is 1.68. The molecule has 0 atom stereocenters. The van der Waals surface area contributed by atoms with Gasteiger partial charge in [-0.05, 0) is 64.0 Å². The summed E-state index contributed by atoms with van der Waals surface area (Å²) in [6.45, 7) is 4.63. The summed E-state index contributed by atoms with van der Waals surface area (Å²) in [4.78, 5) is 3.77. The number of halogens is 1. The molecule has 4 heteroatoms. The van der Waals surface area contributed by atoms with E-state index in [4.69, 9.17) is 11.6 Å². The summed E-state index contributed by atoms with van der Waals surface area (Å²) in [5.74, 6) is 0.922. The Morgan fingerprint density at radius 3 is 2.82 bits per heavy atom. The Kier molecular flexibility index (Phi) is 5.29. The van der Waals surface area contributed by atoms with Gasteiger partial charge in [0.2, 0.25) is 0 Å². The van der Waals surface area contributed by atoms with Crippen molar-refractivity contribution in [1.82, 2.24) is 10.2 Å². The second-order valence-electron chi connectivity index (χ2n) is 4.93. The highest BCUT2D eigenvalue weighted by Crippen LogP contribution is 2.23. The fraction of sp³-hybridized carbons (Fsp3) is 0.692. The molecule has 0 aliphatic carbocycles. The minimum Gasteiger partial charge on any atom is -0.317 e. The zero-order valence-corrected chi connectivity index (χ0v) is 12.0. The van der Waals surface area contributed by atoms with E-state index in [9.17, 15) is 0 Å². The van der Waals surface area contributed by atoms with Crippen LogP contribution in [0.4, 0.5) is 0 Å². The van der Waals surface area contributed by atoms with Crippen LogP contribution in [-0.2, 0) is 6.54 Å². The molecule has 1 aromatic rings. The lowest BCUT2D eigenvalue weighted by Gasteiger charge is -2.25. The minimum absolute atomic E-state index is 0.895. The predicted octanol–water partition coefficient (Wildman–Crippen LogP) is 3.22. The topological polar surface area (TPSA) is 15.3 Å². The van der Waals surface area contributed by atoms with Crippen LogP contribution in [-0.4, -0.2) is 31.6 Å². The van der Waals surface area contributed by atoms with Gasteiger partial charge in [-0.15, -0.1) is 11.3 Å². The Bertz CT molecular complexity index is 334.